The van der Waals surface area contributed by atoms with Crippen LogP contribution in [0.3, 0.4) is 0 Å². The Morgan fingerprint density at radius 1 is 1.05 bits per heavy atom. The van der Waals surface area contributed by atoms with Gasteiger partial charge in [0.05, 0.1) is 13.2 Å². The van der Waals surface area contributed by atoms with Gasteiger partial charge in [0.15, 0.2) is 0 Å². The number of hydrogen-bond acceptors (Lipinski definition) is 4. The summed E-state index contributed by atoms with van der Waals surface area (Å²) in [6.45, 7) is -0.231. The third-order valence-corrected chi connectivity index (χ3v) is 3.36. The van der Waals surface area contributed by atoms with Gasteiger partial charge in [0, 0.05) is 11.8 Å². The molecule has 3 rings (SSSR count). The molecule has 1 aliphatic rings. The number of imide groups is 1. The highest BCUT2D eigenvalue weighted by molar-refractivity contribution is 6.17. The highest BCUT2D eigenvalue weighted by atomic mass is 16.3. The van der Waals surface area contributed by atoms with Gasteiger partial charge in [-0.05, 0) is 22.9 Å². The second-order valence-corrected chi connectivity index (χ2v) is 4.76. The SMILES string of the molecule is O=C1C=C(Nc2ccc3ccccc3c2)C(=O)N1CCO. The van der Waals surface area contributed by atoms with Crippen molar-refractivity contribution in [2.45, 2.75) is 0 Å². The minimum atomic E-state index is -0.415. The third-order valence-electron chi connectivity index (χ3n) is 3.36. The molecule has 1 aliphatic heterocycles. The summed E-state index contributed by atoms with van der Waals surface area (Å²) in [7, 11) is 0. The summed E-state index contributed by atoms with van der Waals surface area (Å²) in [5.41, 5.74) is 0.968. The smallest absolute Gasteiger partial charge is 0.277 e. The standard InChI is InChI=1S/C16H14N2O3/c19-8-7-18-15(20)10-14(16(18)21)17-13-6-5-11-3-1-2-4-12(11)9-13/h1-6,9-10,17,19H,7-8H2. The lowest BCUT2D eigenvalue weighted by Gasteiger charge is -2.13. The average Bonchev–Trinajstić information content (AvgIpc) is 2.75. The molecule has 0 aromatic heterocycles. The molecule has 2 aromatic carbocycles. The van der Waals surface area contributed by atoms with Crippen LogP contribution in [0.2, 0.25) is 0 Å². The van der Waals surface area contributed by atoms with Crippen LogP contribution in [0.15, 0.2) is 54.2 Å². The summed E-state index contributed by atoms with van der Waals surface area (Å²) in [5.74, 6) is -0.820. The Balaban J connectivity index is 1.84. The van der Waals surface area contributed by atoms with Crippen LogP contribution < -0.4 is 5.32 Å². The Labute approximate surface area is 121 Å². The molecule has 2 aromatic rings. The topological polar surface area (TPSA) is 69.6 Å². The Morgan fingerprint density at radius 3 is 2.57 bits per heavy atom. The van der Waals surface area contributed by atoms with Crippen molar-refractivity contribution in [1.29, 1.82) is 0 Å². The normalized spacial score (nSPS) is 14.7. The molecule has 2 amide bonds. The van der Waals surface area contributed by atoms with Crippen molar-refractivity contribution in [1.82, 2.24) is 4.90 Å². The van der Waals surface area contributed by atoms with E-state index in [2.05, 4.69) is 5.32 Å². The van der Waals surface area contributed by atoms with E-state index in [1.54, 1.807) is 0 Å². The zero-order valence-electron chi connectivity index (χ0n) is 11.2. The number of β-amino-alcohol motifs (C(OH)–C–C–N with tert-alkyl or cyclic N) is 1. The van der Waals surface area contributed by atoms with Crippen LogP contribution >= 0.6 is 0 Å². The number of rotatable bonds is 4. The molecular formula is C16H14N2O3. The summed E-state index contributed by atoms with van der Waals surface area (Å²) < 4.78 is 0. The maximum absolute atomic E-state index is 12.0. The number of amides is 2. The van der Waals surface area contributed by atoms with Gasteiger partial charge in [-0.2, -0.15) is 0 Å². The maximum atomic E-state index is 12.0. The van der Waals surface area contributed by atoms with E-state index in [9.17, 15) is 9.59 Å². The van der Waals surface area contributed by atoms with E-state index in [4.69, 9.17) is 5.11 Å². The molecule has 5 nitrogen and oxygen atoms in total. The number of nitrogens with zero attached hydrogens (tertiary/aromatic N) is 1. The highest BCUT2D eigenvalue weighted by Gasteiger charge is 2.30. The summed E-state index contributed by atoms with van der Waals surface area (Å²) in [5, 5.41) is 14.0. The lowest BCUT2D eigenvalue weighted by atomic mass is 10.1. The first-order valence-electron chi connectivity index (χ1n) is 6.63. The number of fused-ring (bicyclic) bond motifs is 1. The van der Waals surface area contributed by atoms with Gasteiger partial charge in [0.2, 0.25) is 0 Å². The van der Waals surface area contributed by atoms with Gasteiger partial charge in [-0.1, -0.05) is 30.3 Å². The minimum absolute atomic E-state index is 0.0110. The molecule has 2 N–H and O–H groups in total. The van der Waals surface area contributed by atoms with E-state index in [1.807, 2.05) is 42.5 Å². The average molecular weight is 282 g/mol. The maximum Gasteiger partial charge on any atom is 0.277 e. The number of anilines is 1. The molecule has 21 heavy (non-hydrogen) atoms. The molecule has 0 aliphatic carbocycles. The van der Waals surface area contributed by atoms with Gasteiger partial charge in [0.1, 0.15) is 5.70 Å². The van der Waals surface area contributed by atoms with E-state index in [-0.39, 0.29) is 18.8 Å². The van der Waals surface area contributed by atoms with Crippen LogP contribution in [0.4, 0.5) is 5.69 Å². The van der Waals surface area contributed by atoms with Crippen molar-refractivity contribution >= 4 is 28.3 Å². The van der Waals surface area contributed by atoms with E-state index in [1.165, 1.54) is 6.08 Å². The van der Waals surface area contributed by atoms with Gasteiger partial charge in [-0.25, -0.2) is 0 Å². The lowest BCUT2D eigenvalue weighted by molar-refractivity contribution is -0.137. The van der Waals surface area contributed by atoms with Gasteiger partial charge in [0.25, 0.3) is 11.8 Å². The number of benzene rings is 2. The zero-order chi connectivity index (χ0) is 14.8. The van der Waals surface area contributed by atoms with Gasteiger partial charge >= 0.3 is 0 Å². The van der Waals surface area contributed by atoms with E-state index < -0.39 is 11.8 Å². The summed E-state index contributed by atoms with van der Waals surface area (Å²) >= 11 is 0. The Hall–Kier alpha value is -2.66. The Morgan fingerprint density at radius 2 is 1.81 bits per heavy atom. The highest BCUT2D eigenvalue weighted by Crippen LogP contribution is 2.22. The largest absolute Gasteiger partial charge is 0.395 e. The second-order valence-electron chi connectivity index (χ2n) is 4.76. The summed E-state index contributed by atoms with van der Waals surface area (Å²) in [6.07, 6.45) is 1.26. The number of carbonyl (C=O) groups is 2. The van der Waals surface area contributed by atoms with Crippen molar-refractivity contribution in [3.63, 3.8) is 0 Å². The Kier molecular flexibility index (Phi) is 3.41. The van der Waals surface area contributed by atoms with E-state index >= 15 is 0 Å². The van der Waals surface area contributed by atoms with Crippen molar-refractivity contribution in [2.75, 3.05) is 18.5 Å². The first kappa shape index (κ1) is 13.3. The molecule has 5 heteroatoms. The quantitative estimate of drug-likeness (QED) is 0.834. The van der Waals surface area contributed by atoms with E-state index in [0.717, 1.165) is 21.4 Å². The van der Waals surface area contributed by atoms with Crippen LogP contribution in [0, 0.1) is 0 Å². The van der Waals surface area contributed by atoms with Crippen LogP contribution in [0.5, 0.6) is 0 Å². The van der Waals surface area contributed by atoms with Gasteiger partial charge in [-0.3, -0.25) is 14.5 Å². The lowest BCUT2D eigenvalue weighted by Crippen LogP contribution is -2.34. The van der Waals surface area contributed by atoms with Crippen LogP contribution in [-0.4, -0.2) is 35.0 Å². The summed E-state index contributed by atoms with van der Waals surface area (Å²) in [4.78, 5) is 24.7. The fourth-order valence-electron chi connectivity index (χ4n) is 2.33. The van der Waals surface area contributed by atoms with Crippen molar-refractivity contribution in [3.05, 3.63) is 54.2 Å². The monoisotopic (exact) mass is 282 g/mol. The van der Waals surface area contributed by atoms with Crippen LogP contribution in [-0.2, 0) is 9.59 Å². The van der Waals surface area contributed by atoms with Crippen molar-refractivity contribution < 1.29 is 14.7 Å². The van der Waals surface area contributed by atoms with Gasteiger partial charge < -0.3 is 10.4 Å². The van der Waals surface area contributed by atoms with Crippen LogP contribution in [0.25, 0.3) is 10.8 Å². The zero-order valence-corrected chi connectivity index (χ0v) is 11.2. The van der Waals surface area contributed by atoms with E-state index in [0.29, 0.717) is 0 Å². The molecule has 0 radical (unpaired) electrons. The van der Waals surface area contributed by atoms with Gasteiger partial charge in [-0.15, -0.1) is 0 Å². The van der Waals surface area contributed by atoms with Crippen molar-refractivity contribution in [2.24, 2.45) is 0 Å². The number of aliphatic hydroxyl groups excluding tert-OH is 1. The van der Waals surface area contributed by atoms with Crippen LogP contribution in [0.1, 0.15) is 0 Å². The molecular weight excluding hydrogens is 268 g/mol. The number of carbonyl (C=O) groups excluding carboxylic acids is 2. The molecule has 0 unspecified atom stereocenters. The number of aliphatic hydroxyl groups is 1. The molecule has 0 atom stereocenters. The van der Waals surface area contributed by atoms with Crippen molar-refractivity contribution in [3.8, 4) is 0 Å². The predicted molar refractivity (Wildman–Crippen MR) is 79.5 cm³/mol. The first-order valence-corrected chi connectivity index (χ1v) is 6.63. The molecule has 1 heterocycles. The second kappa shape index (κ2) is 5.38. The molecule has 0 saturated carbocycles. The number of hydrogen-bond donors (Lipinski definition) is 2. The fraction of sp³-hybridized carbons (Fsp3) is 0.125. The fourth-order valence-corrected chi connectivity index (χ4v) is 2.33. The third kappa shape index (κ3) is 2.51. The molecule has 0 bridgehead atoms. The molecule has 106 valence electrons. The molecule has 0 fully saturated rings. The minimum Gasteiger partial charge on any atom is -0.395 e. The molecule has 0 saturated heterocycles. The predicted octanol–water partition coefficient (Wildman–Crippen LogP) is 1.50. The molecule has 0 spiro atoms. The summed E-state index contributed by atoms with van der Waals surface area (Å²) in [6, 6.07) is 13.6. The first-order chi connectivity index (χ1) is 10.2. The number of nitrogens with one attached hydrogen (secondary N) is 1. The Bertz CT molecular complexity index is 752.